The van der Waals surface area contributed by atoms with Crippen molar-refractivity contribution in [2.75, 3.05) is 0 Å². The fraction of sp³-hybridized carbons (Fsp3) is 0.0286. The van der Waals surface area contributed by atoms with Crippen molar-refractivity contribution in [2.45, 2.75) is 6.92 Å². The fourth-order valence-corrected chi connectivity index (χ4v) is 7.52. The van der Waals surface area contributed by atoms with E-state index in [-0.39, 0.29) is 0 Å². The van der Waals surface area contributed by atoms with Gasteiger partial charge < -0.3 is 0 Å². The number of nitrogens with zero attached hydrogens (tertiary/aromatic N) is 2. The van der Waals surface area contributed by atoms with Crippen LogP contribution < -0.4 is 0 Å². The van der Waals surface area contributed by atoms with Crippen LogP contribution in [0, 0.1) is 6.92 Å². The lowest BCUT2D eigenvalue weighted by atomic mass is 10.0. The van der Waals surface area contributed by atoms with Crippen LogP contribution in [0.15, 0.2) is 115 Å². The summed E-state index contributed by atoms with van der Waals surface area (Å²) >= 11 is 3.68. The van der Waals surface area contributed by atoms with Gasteiger partial charge in [0.15, 0.2) is 5.82 Å². The summed E-state index contributed by atoms with van der Waals surface area (Å²) in [5.74, 6) is 0.744. The van der Waals surface area contributed by atoms with Crippen LogP contribution in [-0.2, 0) is 0 Å². The Bertz CT molecular complexity index is 2050. The third-order valence-electron chi connectivity index (χ3n) is 7.38. The number of thiophene rings is 2. The second-order valence-corrected chi connectivity index (χ2v) is 12.1. The zero-order chi connectivity index (χ0) is 25.9. The molecule has 0 spiro atoms. The number of fused-ring (bicyclic) bond motifs is 6. The van der Waals surface area contributed by atoms with Crippen molar-refractivity contribution >= 4 is 63.0 Å². The SMILES string of the molecule is Cc1ccc(-c2nc(-c3ccc4sc5ccccc5c4c3)cc(-c3ccc4sc5ccccc5c4c3)n2)cc1. The summed E-state index contributed by atoms with van der Waals surface area (Å²) in [6.45, 7) is 2.10. The Hall–Kier alpha value is -4.38. The summed E-state index contributed by atoms with van der Waals surface area (Å²) in [6.07, 6.45) is 0. The summed E-state index contributed by atoms with van der Waals surface area (Å²) in [6, 6.07) is 41.3. The number of aryl methyl sites for hydroxylation is 1. The van der Waals surface area contributed by atoms with E-state index < -0.39 is 0 Å². The molecule has 0 saturated carbocycles. The van der Waals surface area contributed by atoms with E-state index >= 15 is 0 Å². The number of benzene rings is 5. The monoisotopic (exact) mass is 534 g/mol. The van der Waals surface area contributed by atoms with Gasteiger partial charge in [0, 0.05) is 57.0 Å². The topological polar surface area (TPSA) is 25.8 Å². The van der Waals surface area contributed by atoms with Crippen LogP contribution in [0.25, 0.3) is 74.2 Å². The molecule has 0 amide bonds. The van der Waals surface area contributed by atoms with Gasteiger partial charge in [-0.15, -0.1) is 22.7 Å². The standard InChI is InChI=1S/C35H22N2S2/c1-21-10-12-22(13-11-21)35-36-29(23-14-16-33-27(18-23)25-6-2-4-8-31(25)38-33)20-30(37-35)24-15-17-34-28(19-24)26-7-3-5-9-32(26)39-34/h2-20H,1H3. The average Bonchev–Trinajstić information content (AvgIpc) is 3.55. The molecule has 3 heterocycles. The second-order valence-electron chi connectivity index (χ2n) is 9.95. The maximum Gasteiger partial charge on any atom is 0.160 e. The lowest BCUT2D eigenvalue weighted by Crippen LogP contribution is -1.96. The van der Waals surface area contributed by atoms with Crippen LogP contribution in [0.3, 0.4) is 0 Å². The molecule has 2 nitrogen and oxygen atoms in total. The van der Waals surface area contributed by atoms with E-state index in [9.17, 15) is 0 Å². The first kappa shape index (κ1) is 22.6. The molecule has 0 atom stereocenters. The van der Waals surface area contributed by atoms with Crippen LogP contribution in [0.5, 0.6) is 0 Å². The van der Waals surface area contributed by atoms with E-state index in [0.717, 1.165) is 33.9 Å². The van der Waals surface area contributed by atoms with Gasteiger partial charge in [0.2, 0.25) is 0 Å². The quantitative estimate of drug-likeness (QED) is 0.225. The van der Waals surface area contributed by atoms with Crippen molar-refractivity contribution in [3.8, 4) is 33.9 Å². The normalized spacial score (nSPS) is 11.7. The number of hydrogen-bond acceptors (Lipinski definition) is 4. The smallest absolute Gasteiger partial charge is 0.160 e. The Balaban J connectivity index is 1.35. The van der Waals surface area contributed by atoms with Crippen LogP contribution in [0.4, 0.5) is 0 Å². The van der Waals surface area contributed by atoms with Crippen LogP contribution in [-0.4, -0.2) is 9.97 Å². The molecule has 0 aliphatic rings. The van der Waals surface area contributed by atoms with Gasteiger partial charge in [-0.05, 0) is 49.4 Å². The first-order chi connectivity index (χ1) is 19.2. The van der Waals surface area contributed by atoms with Crippen molar-refractivity contribution in [2.24, 2.45) is 0 Å². The minimum atomic E-state index is 0.744. The number of rotatable bonds is 3. The van der Waals surface area contributed by atoms with Gasteiger partial charge in [-0.2, -0.15) is 0 Å². The van der Waals surface area contributed by atoms with Gasteiger partial charge in [-0.1, -0.05) is 78.4 Å². The predicted molar refractivity (Wildman–Crippen MR) is 169 cm³/mol. The summed E-state index contributed by atoms with van der Waals surface area (Å²) in [5, 5.41) is 5.14. The molecule has 0 unspecified atom stereocenters. The maximum absolute atomic E-state index is 5.10. The first-order valence-corrected chi connectivity index (χ1v) is 14.6. The number of aromatic nitrogens is 2. The van der Waals surface area contributed by atoms with E-state index in [0.29, 0.717) is 0 Å². The maximum atomic E-state index is 5.10. The predicted octanol–water partition coefficient (Wildman–Crippen LogP) is 10.5. The molecular formula is C35H22N2S2. The van der Waals surface area contributed by atoms with E-state index in [1.807, 2.05) is 22.7 Å². The highest BCUT2D eigenvalue weighted by Gasteiger charge is 2.14. The van der Waals surface area contributed by atoms with Crippen molar-refractivity contribution in [1.82, 2.24) is 9.97 Å². The Morgan fingerprint density at radius 3 is 1.44 bits per heavy atom. The lowest BCUT2D eigenvalue weighted by Gasteiger charge is -2.10. The molecule has 8 aromatic rings. The van der Waals surface area contributed by atoms with Gasteiger partial charge in [0.1, 0.15) is 0 Å². The molecule has 0 fully saturated rings. The Morgan fingerprint density at radius 2 is 0.897 bits per heavy atom. The van der Waals surface area contributed by atoms with E-state index in [1.165, 1.54) is 45.9 Å². The highest BCUT2D eigenvalue weighted by atomic mass is 32.1. The van der Waals surface area contributed by atoms with Gasteiger partial charge >= 0.3 is 0 Å². The van der Waals surface area contributed by atoms with E-state index in [2.05, 4.69) is 122 Å². The molecular weight excluding hydrogens is 513 g/mol. The zero-order valence-corrected chi connectivity index (χ0v) is 22.8. The largest absolute Gasteiger partial charge is 0.228 e. The molecule has 0 radical (unpaired) electrons. The van der Waals surface area contributed by atoms with Crippen molar-refractivity contribution in [1.29, 1.82) is 0 Å². The van der Waals surface area contributed by atoms with Gasteiger partial charge in [-0.25, -0.2) is 9.97 Å². The Morgan fingerprint density at radius 1 is 0.436 bits per heavy atom. The molecule has 0 bridgehead atoms. The van der Waals surface area contributed by atoms with Crippen LogP contribution in [0.2, 0.25) is 0 Å². The Labute approximate surface area is 233 Å². The Kier molecular flexibility index (Phi) is 5.12. The molecule has 0 aliphatic heterocycles. The van der Waals surface area contributed by atoms with Gasteiger partial charge in [-0.3, -0.25) is 0 Å². The zero-order valence-electron chi connectivity index (χ0n) is 21.2. The molecule has 39 heavy (non-hydrogen) atoms. The van der Waals surface area contributed by atoms with Crippen LogP contribution in [0.1, 0.15) is 5.56 Å². The molecule has 0 N–H and O–H groups in total. The lowest BCUT2D eigenvalue weighted by molar-refractivity contribution is 1.18. The highest BCUT2D eigenvalue weighted by molar-refractivity contribution is 7.26. The van der Waals surface area contributed by atoms with E-state index in [1.54, 1.807) is 0 Å². The fourth-order valence-electron chi connectivity index (χ4n) is 5.35. The molecule has 0 aliphatic carbocycles. The molecule has 4 heteroatoms. The van der Waals surface area contributed by atoms with Crippen molar-refractivity contribution in [3.05, 3.63) is 121 Å². The average molecular weight is 535 g/mol. The third kappa shape index (κ3) is 3.84. The van der Waals surface area contributed by atoms with Crippen molar-refractivity contribution in [3.63, 3.8) is 0 Å². The molecule has 184 valence electrons. The molecule has 5 aromatic carbocycles. The first-order valence-electron chi connectivity index (χ1n) is 13.0. The summed E-state index contributed by atoms with van der Waals surface area (Å²) in [7, 11) is 0. The minimum Gasteiger partial charge on any atom is -0.228 e. The summed E-state index contributed by atoms with van der Waals surface area (Å²) in [5.41, 5.74) is 6.31. The second kappa shape index (κ2) is 8.84. The van der Waals surface area contributed by atoms with Crippen molar-refractivity contribution < 1.29 is 0 Å². The van der Waals surface area contributed by atoms with Crippen LogP contribution >= 0.6 is 22.7 Å². The number of hydrogen-bond donors (Lipinski definition) is 0. The summed E-state index contributed by atoms with van der Waals surface area (Å²) < 4.78 is 5.21. The summed E-state index contributed by atoms with van der Waals surface area (Å²) in [4.78, 5) is 10.2. The minimum absolute atomic E-state index is 0.744. The third-order valence-corrected chi connectivity index (χ3v) is 9.68. The van der Waals surface area contributed by atoms with E-state index in [4.69, 9.17) is 9.97 Å². The van der Waals surface area contributed by atoms with Gasteiger partial charge in [0.05, 0.1) is 11.4 Å². The highest BCUT2D eigenvalue weighted by Crippen LogP contribution is 2.39. The molecule has 3 aromatic heterocycles. The molecule has 8 rings (SSSR count). The van der Waals surface area contributed by atoms with Gasteiger partial charge in [0.25, 0.3) is 0 Å². The molecule has 0 saturated heterocycles.